The number of rotatable bonds is 8. The Morgan fingerprint density at radius 2 is 2.10 bits per heavy atom. The molecular weight excluding hydrogens is 254 g/mol. The molecule has 0 spiro atoms. The molecule has 0 heterocycles. The lowest BCUT2D eigenvalue weighted by Crippen LogP contribution is -2.35. The van der Waals surface area contributed by atoms with E-state index in [1.807, 2.05) is 36.9 Å². The van der Waals surface area contributed by atoms with Gasteiger partial charge in [-0.3, -0.25) is 4.79 Å². The molecule has 1 rings (SSSR count). The van der Waals surface area contributed by atoms with Crippen molar-refractivity contribution in [3.63, 3.8) is 0 Å². The number of carbonyl (C=O) groups excluding carboxylic acids is 1. The van der Waals surface area contributed by atoms with Gasteiger partial charge in [0.2, 0.25) is 5.91 Å². The Bertz CT molecular complexity index is 447. The number of amides is 1. The van der Waals surface area contributed by atoms with Crippen LogP contribution < -0.4 is 21.1 Å². The highest BCUT2D eigenvalue weighted by Gasteiger charge is 2.15. The molecule has 0 aliphatic carbocycles. The van der Waals surface area contributed by atoms with E-state index < -0.39 is 0 Å². The zero-order valence-electron chi connectivity index (χ0n) is 12.6. The molecule has 112 valence electrons. The normalized spacial score (nSPS) is 10.6. The molecule has 0 aromatic heterocycles. The van der Waals surface area contributed by atoms with Crippen LogP contribution in [0.25, 0.3) is 0 Å². The Hall–Kier alpha value is -1.91. The number of carbonyl (C=O) groups is 1. The number of hydrogen-bond donors (Lipinski definition) is 2. The van der Waals surface area contributed by atoms with Gasteiger partial charge in [0.1, 0.15) is 5.75 Å². The third-order valence-corrected chi connectivity index (χ3v) is 2.87. The fraction of sp³-hybridized carbons (Fsp3) is 0.533. The lowest BCUT2D eigenvalue weighted by molar-refractivity contribution is -0.116. The van der Waals surface area contributed by atoms with Gasteiger partial charge in [0.25, 0.3) is 0 Å². The van der Waals surface area contributed by atoms with Gasteiger partial charge in [-0.1, -0.05) is 19.4 Å². The molecule has 0 aliphatic heterocycles. The van der Waals surface area contributed by atoms with Gasteiger partial charge in [0.15, 0.2) is 0 Å². The fourth-order valence-electron chi connectivity index (χ4n) is 1.99. The Morgan fingerprint density at radius 1 is 1.40 bits per heavy atom. The van der Waals surface area contributed by atoms with Crippen LogP contribution in [0.15, 0.2) is 18.2 Å². The Labute approximate surface area is 120 Å². The van der Waals surface area contributed by atoms with Gasteiger partial charge in [0.05, 0.1) is 24.0 Å². The number of hydrogen-bond acceptors (Lipinski definition) is 4. The van der Waals surface area contributed by atoms with E-state index in [0.29, 0.717) is 11.4 Å². The third-order valence-electron chi connectivity index (χ3n) is 2.87. The molecule has 0 saturated carbocycles. The second-order valence-electron chi connectivity index (χ2n) is 5.10. The monoisotopic (exact) mass is 279 g/mol. The standard InChI is InChI=1S/C15H25N3O2/c1-4-5-9-18(10-14(16)19)12-7-6-8-13(15(12)17)20-11(2)3/h6-8,11H,4-5,9-10,17H2,1-3H3,(H2,16,19). The largest absolute Gasteiger partial charge is 0.489 e. The maximum Gasteiger partial charge on any atom is 0.236 e. The van der Waals surface area contributed by atoms with Gasteiger partial charge in [-0.05, 0) is 32.4 Å². The van der Waals surface area contributed by atoms with Crippen molar-refractivity contribution in [3.8, 4) is 5.75 Å². The van der Waals surface area contributed by atoms with Crippen LogP contribution in [-0.4, -0.2) is 25.1 Å². The summed E-state index contributed by atoms with van der Waals surface area (Å²) < 4.78 is 5.68. The summed E-state index contributed by atoms with van der Waals surface area (Å²) in [7, 11) is 0. The molecule has 1 aromatic rings. The van der Waals surface area contributed by atoms with Crippen LogP contribution in [0.1, 0.15) is 33.6 Å². The molecule has 0 bridgehead atoms. The number of nitrogen functional groups attached to an aromatic ring is 1. The number of anilines is 2. The number of primary amides is 1. The molecule has 1 amide bonds. The van der Waals surface area contributed by atoms with E-state index in [-0.39, 0.29) is 18.6 Å². The number of unbranched alkanes of at least 4 members (excludes halogenated alkanes) is 1. The minimum atomic E-state index is -0.365. The first-order valence-electron chi connectivity index (χ1n) is 7.04. The third kappa shape index (κ3) is 4.64. The molecule has 5 nitrogen and oxygen atoms in total. The highest BCUT2D eigenvalue weighted by molar-refractivity contribution is 5.83. The number of ether oxygens (including phenoxy) is 1. The van der Waals surface area contributed by atoms with Gasteiger partial charge in [-0.15, -0.1) is 0 Å². The molecule has 5 heteroatoms. The smallest absolute Gasteiger partial charge is 0.236 e. The fourth-order valence-corrected chi connectivity index (χ4v) is 1.99. The van der Waals surface area contributed by atoms with Crippen molar-refractivity contribution in [3.05, 3.63) is 18.2 Å². The van der Waals surface area contributed by atoms with Crippen molar-refractivity contribution < 1.29 is 9.53 Å². The molecule has 0 radical (unpaired) electrons. The summed E-state index contributed by atoms with van der Waals surface area (Å²) in [6.07, 6.45) is 2.06. The molecule has 0 saturated heterocycles. The van der Waals surface area contributed by atoms with E-state index >= 15 is 0 Å². The van der Waals surface area contributed by atoms with Crippen molar-refractivity contribution in [1.29, 1.82) is 0 Å². The van der Waals surface area contributed by atoms with Crippen LogP contribution in [0.2, 0.25) is 0 Å². The van der Waals surface area contributed by atoms with E-state index in [1.165, 1.54) is 0 Å². The van der Waals surface area contributed by atoms with E-state index in [1.54, 1.807) is 0 Å². The average Bonchev–Trinajstić information content (AvgIpc) is 2.36. The van der Waals surface area contributed by atoms with Gasteiger partial charge >= 0.3 is 0 Å². The van der Waals surface area contributed by atoms with Crippen molar-refractivity contribution in [2.45, 2.75) is 39.7 Å². The summed E-state index contributed by atoms with van der Waals surface area (Å²) in [6.45, 7) is 6.91. The van der Waals surface area contributed by atoms with Crippen molar-refractivity contribution in [2.75, 3.05) is 23.7 Å². The Kier molecular flexibility index (Phi) is 6.15. The molecular formula is C15H25N3O2. The van der Waals surface area contributed by atoms with Crippen LogP contribution in [0, 0.1) is 0 Å². The van der Waals surface area contributed by atoms with Crippen LogP contribution >= 0.6 is 0 Å². The Balaban J connectivity index is 3.02. The molecule has 1 aromatic carbocycles. The van der Waals surface area contributed by atoms with Gasteiger partial charge in [-0.25, -0.2) is 0 Å². The highest BCUT2D eigenvalue weighted by Crippen LogP contribution is 2.33. The maximum absolute atomic E-state index is 11.2. The van der Waals surface area contributed by atoms with E-state index in [0.717, 1.165) is 25.1 Å². The summed E-state index contributed by atoms with van der Waals surface area (Å²) in [6, 6.07) is 5.60. The van der Waals surface area contributed by atoms with Crippen LogP contribution in [0.3, 0.4) is 0 Å². The van der Waals surface area contributed by atoms with Crippen LogP contribution in [0.4, 0.5) is 11.4 Å². The Morgan fingerprint density at radius 3 is 2.65 bits per heavy atom. The first-order chi connectivity index (χ1) is 9.45. The second-order valence-corrected chi connectivity index (χ2v) is 5.10. The predicted octanol–water partition coefficient (Wildman–Crippen LogP) is 2.15. The predicted molar refractivity (Wildman–Crippen MR) is 82.9 cm³/mol. The molecule has 0 unspecified atom stereocenters. The SMILES string of the molecule is CCCCN(CC(N)=O)c1cccc(OC(C)C)c1N. The quantitative estimate of drug-likeness (QED) is 0.714. The summed E-state index contributed by atoms with van der Waals surface area (Å²) in [5, 5.41) is 0. The molecule has 0 atom stereocenters. The van der Waals surface area contributed by atoms with Gasteiger partial charge < -0.3 is 21.1 Å². The van der Waals surface area contributed by atoms with Gasteiger partial charge in [-0.2, -0.15) is 0 Å². The molecule has 0 aliphatic rings. The minimum absolute atomic E-state index is 0.0489. The summed E-state index contributed by atoms with van der Waals surface area (Å²) in [4.78, 5) is 13.1. The summed E-state index contributed by atoms with van der Waals surface area (Å²) in [5.41, 5.74) is 12.8. The topological polar surface area (TPSA) is 81.6 Å². The first-order valence-corrected chi connectivity index (χ1v) is 7.04. The number of nitrogens with zero attached hydrogens (tertiary/aromatic N) is 1. The van der Waals surface area contributed by atoms with Crippen molar-refractivity contribution >= 4 is 17.3 Å². The molecule has 0 fully saturated rings. The van der Waals surface area contributed by atoms with E-state index in [2.05, 4.69) is 6.92 Å². The summed E-state index contributed by atoms with van der Waals surface area (Å²) in [5.74, 6) is 0.277. The lowest BCUT2D eigenvalue weighted by atomic mass is 10.2. The zero-order chi connectivity index (χ0) is 15.1. The maximum atomic E-state index is 11.2. The van der Waals surface area contributed by atoms with Crippen LogP contribution in [0.5, 0.6) is 5.75 Å². The second kappa shape index (κ2) is 7.62. The van der Waals surface area contributed by atoms with E-state index in [9.17, 15) is 4.79 Å². The number of nitrogens with two attached hydrogens (primary N) is 2. The number of benzene rings is 1. The summed E-state index contributed by atoms with van der Waals surface area (Å²) >= 11 is 0. The van der Waals surface area contributed by atoms with Crippen molar-refractivity contribution in [1.82, 2.24) is 0 Å². The average molecular weight is 279 g/mol. The number of para-hydroxylation sites is 1. The molecule has 4 N–H and O–H groups in total. The molecule has 20 heavy (non-hydrogen) atoms. The highest BCUT2D eigenvalue weighted by atomic mass is 16.5. The zero-order valence-corrected chi connectivity index (χ0v) is 12.6. The van der Waals surface area contributed by atoms with Gasteiger partial charge in [0, 0.05) is 6.54 Å². The first kappa shape index (κ1) is 16.1. The van der Waals surface area contributed by atoms with Crippen molar-refractivity contribution in [2.24, 2.45) is 5.73 Å². The van der Waals surface area contributed by atoms with Crippen LogP contribution in [-0.2, 0) is 4.79 Å². The minimum Gasteiger partial charge on any atom is -0.489 e. The lowest BCUT2D eigenvalue weighted by Gasteiger charge is -2.26. The van der Waals surface area contributed by atoms with E-state index in [4.69, 9.17) is 16.2 Å².